The van der Waals surface area contributed by atoms with Crippen LogP contribution < -0.4 is 0 Å². The zero-order valence-corrected chi connectivity index (χ0v) is 7.34. The van der Waals surface area contributed by atoms with Gasteiger partial charge in [-0.2, -0.15) is 0 Å². The van der Waals surface area contributed by atoms with Crippen molar-refractivity contribution < 1.29 is 15.0 Å². The van der Waals surface area contributed by atoms with E-state index < -0.39 is 12.1 Å². The molecule has 0 spiro atoms. The molecule has 0 bridgehead atoms. The smallest absolute Gasteiger partial charge is 0.332 e. The van der Waals surface area contributed by atoms with Gasteiger partial charge in [-0.25, -0.2) is 9.78 Å². The van der Waals surface area contributed by atoms with E-state index in [1.165, 1.54) is 11.3 Å². The molecule has 0 aromatic carbocycles. The van der Waals surface area contributed by atoms with Crippen LogP contribution in [0.2, 0.25) is 0 Å². The third-order valence-corrected chi connectivity index (χ3v) is 2.28. The quantitative estimate of drug-likeness (QED) is 0.720. The Morgan fingerprint density at radius 3 is 2.92 bits per heavy atom. The molecule has 1 unspecified atom stereocenters. The maximum Gasteiger partial charge on any atom is 0.332 e. The van der Waals surface area contributed by atoms with E-state index in [1.807, 2.05) is 6.92 Å². The van der Waals surface area contributed by atoms with Gasteiger partial charge in [0.05, 0.1) is 5.01 Å². The summed E-state index contributed by atoms with van der Waals surface area (Å²) < 4.78 is 0. The fourth-order valence-electron chi connectivity index (χ4n) is 0.778. The number of aryl methyl sites for hydroxylation is 1. The fraction of sp³-hybridized carbons (Fsp3) is 0.429. The minimum atomic E-state index is -1.31. The van der Waals surface area contributed by atoms with Gasteiger partial charge in [0.1, 0.15) is 0 Å². The van der Waals surface area contributed by atoms with E-state index in [0.29, 0.717) is 0 Å². The van der Waals surface area contributed by atoms with Crippen LogP contribution >= 0.6 is 11.3 Å². The third kappa shape index (κ3) is 2.28. The number of hydrogen-bond donors (Lipinski definition) is 2. The molecule has 0 aliphatic carbocycles. The first-order valence-corrected chi connectivity index (χ1v) is 4.23. The maximum atomic E-state index is 10.2. The number of nitrogens with zero attached hydrogens (tertiary/aromatic N) is 1. The summed E-state index contributed by atoms with van der Waals surface area (Å²) in [6, 6.07) is 0. The molecular formula is C7H9NO3S. The van der Waals surface area contributed by atoms with E-state index in [2.05, 4.69) is 4.98 Å². The Kier molecular flexibility index (Phi) is 2.78. The van der Waals surface area contributed by atoms with Crippen LogP contribution in [-0.2, 0) is 11.2 Å². The standard InChI is InChI=1S/C7H9NO3S/c1-4-8-3-5(12-4)2-6(9)7(10)11/h3,6,9H,2H2,1H3,(H,10,11). The normalized spacial score (nSPS) is 12.8. The number of aliphatic hydroxyl groups is 1. The highest BCUT2D eigenvalue weighted by atomic mass is 32.1. The Morgan fingerprint density at radius 2 is 2.50 bits per heavy atom. The molecular weight excluding hydrogens is 178 g/mol. The number of aromatic nitrogens is 1. The Balaban J connectivity index is 2.58. The largest absolute Gasteiger partial charge is 0.479 e. The van der Waals surface area contributed by atoms with Crippen molar-refractivity contribution in [3.8, 4) is 0 Å². The number of carboxylic acids is 1. The van der Waals surface area contributed by atoms with Crippen LogP contribution in [0.15, 0.2) is 6.20 Å². The molecule has 0 radical (unpaired) electrons. The summed E-state index contributed by atoms with van der Waals surface area (Å²) in [5.41, 5.74) is 0. The molecule has 0 saturated carbocycles. The van der Waals surface area contributed by atoms with Gasteiger partial charge in [0.2, 0.25) is 0 Å². The molecule has 1 atom stereocenters. The van der Waals surface area contributed by atoms with Gasteiger partial charge in [-0.05, 0) is 6.92 Å². The molecule has 0 aliphatic rings. The summed E-state index contributed by atoms with van der Waals surface area (Å²) in [5, 5.41) is 18.2. The second-order valence-electron chi connectivity index (χ2n) is 2.40. The van der Waals surface area contributed by atoms with Crippen LogP contribution in [0.4, 0.5) is 0 Å². The summed E-state index contributed by atoms with van der Waals surface area (Å²) in [6.45, 7) is 1.83. The van der Waals surface area contributed by atoms with E-state index in [4.69, 9.17) is 10.2 Å². The number of thiazole rings is 1. The van der Waals surface area contributed by atoms with Crippen molar-refractivity contribution in [3.63, 3.8) is 0 Å². The van der Waals surface area contributed by atoms with Gasteiger partial charge in [-0.15, -0.1) is 11.3 Å². The monoisotopic (exact) mass is 187 g/mol. The van der Waals surface area contributed by atoms with Crippen LogP contribution in [0.1, 0.15) is 9.88 Å². The van der Waals surface area contributed by atoms with E-state index in [1.54, 1.807) is 6.20 Å². The zero-order chi connectivity index (χ0) is 9.14. The van der Waals surface area contributed by atoms with Crippen molar-refractivity contribution in [1.29, 1.82) is 0 Å². The Hall–Kier alpha value is -0.940. The van der Waals surface area contributed by atoms with Crippen LogP contribution in [-0.4, -0.2) is 27.3 Å². The number of aliphatic carboxylic acids is 1. The van der Waals surface area contributed by atoms with Crippen molar-refractivity contribution in [2.24, 2.45) is 0 Å². The topological polar surface area (TPSA) is 70.4 Å². The summed E-state index contributed by atoms with van der Waals surface area (Å²) in [6.07, 6.45) is 0.414. The van der Waals surface area contributed by atoms with Gasteiger partial charge in [-0.1, -0.05) is 0 Å². The molecule has 0 aliphatic heterocycles. The summed E-state index contributed by atoms with van der Waals surface area (Å²) in [7, 11) is 0. The van der Waals surface area contributed by atoms with E-state index in [0.717, 1.165) is 9.88 Å². The molecule has 0 amide bonds. The van der Waals surface area contributed by atoms with Crippen molar-refractivity contribution in [1.82, 2.24) is 4.98 Å². The molecule has 1 aromatic rings. The number of rotatable bonds is 3. The van der Waals surface area contributed by atoms with Crippen molar-refractivity contribution in [2.45, 2.75) is 19.4 Å². The molecule has 0 fully saturated rings. The lowest BCUT2D eigenvalue weighted by Gasteiger charge is -2.00. The van der Waals surface area contributed by atoms with Gasteiger partial charge in [0.25, 0.3) is 0 Å². The van der Waals surface area contributed by atoms with Gasteiger partial charge in [0, 0.05) is 17.5 Å². The molecule has 1 rings (SSSR count). The van der Waals surface area contributed by atoms with Gasteiger partial charge in [-0.3, -0.25) is 0 Å². The molecule has 4 nitrogen and oxygen atoms in total. The third-order valence-electron chi connectivity index (χ3n) is 1.35. The lowest BCUT2D eigenvalue weighted by molar-refractivity contribution is -0.146. The second-order valence-corrected chi connectivity index (χ2v) is 3.72. The summed E-state index contributed by atoms with van der Waals surface area (Å²) >= 11 is 1.40. The minimum Gasteiger partial charge on any atom is -0.479 e. The molecule has 2 N–H and O–H groups in total. The lowest BCUT2D eigenvalue weighted by atomic mass is 10.2. The van der Waals surface area contributed by atoms with E-state index in [9.17, 15) is 4.79 Å². The van der Waals surface area contributed by atoms with Gasteiger partial charge >= 0.3 is 5.97 Å². The first kappa shape index (κ1) is 9.15. The summed E-state index contributed by atoms with van der Waals surface area (Å²) in [5.74, 6) is -1.19. The zero-order valence-electron chi connectivity index (χ0n) is 6.52. The van der Waals surface area contributed by atoms with E-state index >= 15 is 0 Å². The Labute approximate surface area is 73.5 Å². The van der Waals surface area contributed by atoms with Gasteiger partial charge in [0.15, 0.2) is 6.10 Å². The second kappa shape index (κ2) is 3.64. The van der Waals surface area contributed by atoms with Crippen molar-refractivity contribution in [3.05, 3.63) is 16.1 Å². The molecule has 1 aromatic heterocycles. The number of hydrogen-bond acceptors (Lipinski definition) is 4. The van der Waals surface area contributed by atoms with Crippen molar-refractivity contribution >= 4 is 17.3 Å². The van der Waals surface area contributed by atoms with E-state index in [-0.39, 0.29) is 6.42 Å². The molecule has 1 heterocycles. The van der Waals surface area contributed by atoms with Gasteiger partial charge < -0.3 is 10.2 Å². The number of carbonyl (C=O) groups is 1. The maximum absolute atomic E-state index is 10.2. The van der Waals surface area contributed by atoms with Crippen LogP contribution in [0, 0.1) is 6.92 Å². The fourth-order valence-corrected chi connectivity index (χ4v) is 1.61. The molecule has 12 heavy (non-hydrogen) atoms. The highest BCUT2D eigenvalue weighted by molar-refractivity contribution is 7.11. The first-order chi connectivity index (χ1) is 5.59. The number of aliphatic hydroxyl groups excluding tert-OH is 1. The molecule has 5 heteroatoms. The predicted octanol–water partition coefficient (Wildman–Crippen LogP) is 0.440. The minimum absolute atomic E-state index is 0.140. The predicted molar refractivity (Wildman–Crippen MR) is 44.2 cm³/mol. The SMILES string of the molecule is Cc1ncc(CC(O)C(=O)O)s1. The molecule has 0 saturated heterocycles. The van der Waals surface area contributed by atoms with Crippen LogP contribution in [0.25, 0.3) is 0 Å². The highest BCUT2D eigenvalue weighted by Crippen LogP contribution is 2.13. The van der Waals surface area contributed by atoms with Crippen LogP contribution in [0.5, 0.6) is 0 Å². The Morgan fingerprint density at radius 1 is 1.83 bits per heavy atom. The average Bonchev–Trinajstić information content (AvgIpc) is 2.35. The van der Waals surface area contributed by atoms with Crippen molar-refractivity contribution in [2.75, 3.05) is 0 Å². The molecule has 66 valence electrons. The first-order valence-electron chi connectivity index (χ1n) is 3.42. The highest BCUT2D eigenvalue weighted by Gasteiger charge is 2.14. The summed E-state index contributed by atoms with van der Waals surface area (Å²) in [4.78, 5) is 15.0. The Bertz CT molecular complexity index is 284. The number of carboxylic acid groups (broad SMARTS) is 1. The van der Waals surface area contributed by atoms with Crippen LogP contribution in [0.3, 0.4) is 0 Å². The average molecular weight is 187 g/mol. The lowest BCUT2D eigenvalue weighted by Crippen LogP contribution is -2.21.